The molecule has 1 saturated heterocycles. The van der Waals surface area contributed by atoms with Gasteiger partial charge in [0.2, 0.25) is 15.9 Å². The lowest BCUT2D eigenvalue weighted by atomic mass is 10.1. The molecule has 4 rings (SSSR count). The van der Waals surface area contributed by atoms with Crippen LogP contribution in [0.3, 0.4) is 0 Å². The summed E-state index contributed by atoms with van der Waals surface area (Å²) < 4.78 is 46.6. The summed E-state index contributed by atoms with van der Waals surface area (Å²) in [5, 5.41) is 7.99. The Bertz CT molecular complexity index is 1040. The van der Waals surface area contributed by atoms with Crippen molar-refractivity contribution in [2.24, 2.45) is 0 Å². The fourth-order valence-electron chi connectivity index (χ4n) is 3.08. The van der Waals surface area contributed by atoms with E-state index in [1.54, 1.807) is 0 Å². The Hall–Kier alpha value is -2.72. The van der Waals surface area contributed by atoms with Gasteiger partial charge in [-0.15, -0.1) is 10.2 Å². The Morgan fingerprint density at radius 3 is 2.85 bits per heavy atom. The molecule has 3 aromatic rings. The minimum atomic E-state index is -3.90. The van der Waals surface area contributed by atoms with Crippen molar-refractivity contribution in [3.8, 4) is 11.6 Å². The van der Waals surface area contributed by atoms with E-state index in [9.17, 15) is 12.8 Å². The van der Waals surface area contributed by atoms with Gasteiger partial charge in [0.15, 0.2) is 0 Å². The van der Waals surface area contributed by atoms with Crippen LogP contribution in [-0.4, -0.2) is 39.4 Å². The van der Waals surface area contributed by atoms with Gasteiger partial charge < -0.3 is 4.42 Å². The molecule has 1 atom stereocenters. The highest BCUT2D eigenvalue weighted by molar-refractivity contribution is 7.89. The van der Waals surface area contributed by atoms with E-state index in [1.807, 2.05) is 0 Å². The average Bonchev–Trinajstić information content (AvgIpc) is 3.19. The Morgan fingerprint density at radius 1 is 1.19 bits per heavy atom. The minimum Gasteiger partial charge on any atom is -0.417 e. The highest BCUT2D eigenvalue weighted by atomic mass is 32.2. The van der Waals surface area contributed by atoms with Crippen molar-refractivity contribution in [3.63, 3.8) is 0 Å². The van der Waals surface area contributed by atoms with Gasteiger partial charge >= 0.3 is 0 Å². The number of halogens is 1. The fourth-order valence-corrected chi connectivity index (χ4v) is 4.77. The second kappa shape index (κ2) is 7.12. The standard InChI is InChI=1S/C17H16FN5O3S/c18-12-4-3-5-13(10-12)27(24,25)23-9-2-1-6-15(23)17-22-21-16(26-17)14-11-19-7-8-20-14/h3-5,7-8,10-11,15H,1-2,6,9H2/t15-/m1/s1. The van der Waals surface area contributed by atoms with Gasteiger partial charge in [0.1, 0.15) is 17.6 Å². The van der Waals surface area contributed by atoms with Crippen molar-refractivity contribution >= 4 is 10.0 Å². The Labute approximate surface area is 155 Å². The number of piperidine rings is 1. The fraction of sp³-hybridized carbons (Fsp3) is 0.294. The molecule has 0 radical (unpaired) electrons. The third kappa shape index (κ3) is 3.45. The maximum atomic E-state index is 13.5. The maximum absolute atomic E-state index is 13.5. The molecule has 0 spiro atoms. The van der Waals surface area contributed by atoms with E-state index in [-0.39, 0.29) is 16.7 Å². The largest absolute Gasteiger partial charge is 0.417 e. The molecule has 140 valence electrons. The van der Waals surface area contributed by atoms with Crippen molar-refractivity contribution in [1.82, 2.24) is 24.5 Å². The van der Waals surface area contributed by atoms with Gasteiger partial charge in [0.25, 0.3) is 5.89 Å². The summed E-state index contributed by atoms with van der Waals surface area (Å²) in [6.07, 6.45) is 6.57. The molecular formula is C17H16FN5O3S. The van der Waals surface area contributed by atoms with E-state index in [4.69, 9.17) is 4.42 Å². The monoisotopic (exact) mass is 389 g/mol. The first-order valence-electron chi connectivity index (χ1n) is 8.43. The van der Waals surface area contributed by atoms with Crippen LogP contribution in [0.15, 0.2) is 52.2 Å². The highest BCUT2D eigenvalue weighted by Crippen LogP contribution is 2.35. The lowest BCUT2D eigenvalue weighted by molar-refractivity contribution is 0.220. The number of hydrogen-bond acceptors (Lipinski definition) is 7. The summed E-state index contributed by atoms with van der Waals surface area (Å²) in [6.45, 7) is 0.298. The quantitative estimate of drug-likeness (QED) is 0.676. The second-order valence-corrected chi connectivity index (χ2v) is 8.01. The molecule has 0 N–H and O–H groups in total. The van der Waals surface area contributed by atoms with Crippen LogP contribution in [0.5, 0.6) is 0 Å². The molecule has 27 heavy (non-hydrogen) atoms. The van der Waals surface area contributed by atoms with Crippen LogP contribution in [0.25, 0.3) is 11.6 Å². The van der Waals surface area contributed by atoms with Crippen LogP contribution in [0.4, 0.5) is 4.39 Å². The lowest BCUT2D eigenvalue weighted by Gasteiger charge is -2.32. The molecule has 8 nitrogen and oxygen atoms in total. The predicted octanol–water partition coefficient (Wildman–Crippen LogP) is 2.58. The molecule has 0 amide bonds. The summed E-state index contributed by atoms with van der Waals surface area (Å²) in [5.74, 6) is -0.241. The first kappa shape index (κ1) is 17.7. The van der Waals surface area contributed by atoms with E-state index in [0.29, 0.717) is 25.1 Å². The summed E-state index contributed by atoms with van der Waals surface area (Å²) in [4.78, 5) is 7.96. The number of nitrogens with zero attached hydrogens (tertiary/aromatic N) is 5. The number of aromatic nitrogens is 4. The molecule has 2 aromatic heterocycles. The molecule has 3 heterocycles. The molecular weight excluding hydrogens is 373 g/mol. The minimum absolute atomic E-state index is 0.0944. The van der Waals surface area contributed by atoms with Crippen LogP contribution in [0, 0.1) is 5.82 Å². The van der Waals surface area contributed by atoms with Gasteiger partial charge in [-0.05, 0) is 31.0 Å². The third-order valence-electron chi connectivity index (χ3n) is 4.36. The molecule has 1 aliphatic heterocycles. The highest BCUT2D eigenvalue weighted by Gasteiger charge is 2.37. The van der Waals surface area contributed by atoms with Gasteiger partial charge in [-0.3, -0.25) is 4.98 Å². The molecule has 1 aliphatic rings. The predicted molar refractivity (Wildman–Crippen MR) is 92.2 cm³/mol. The molecule has 0 aliphatic carbocycles. The molecule has 0 unspecified atom stereocenters. The zero-order valence-corrected chi connectivity index (χ0v) is 15.0. The Balaban J connectivity index is 1.68. The third-order valence-corrected chi connectivity index (χ3v) is 6.27. The van der Waals surface area contributed by atoms with Crippen LogP contribution in [0.2, 0.25) is 0 Å². The van der Waals surface area contributed by atoms with E-state index in [1.165, 1.54) is 41.1 Å². The average molecular weight is 389 g/mol. The number of benzene rings is 1. The van der Waals surface area contributed by atoms with Crippen molar-refractivity contribution in [1.29, 1.82) is 0 Å². The van der Waals surface area contributed by atoms with E-state index < -0.39 is 21.9 Å². The normalized spacial score (nSPS) is 18.5. The molecule has 1 aromatic carbocycles. The van der Waals surface area contributed by atoms with Crippen molar-refractivity contribution in [2.75, 3.05) is 6.54 Å². The molecule has 1 fully saturated rings. The van der Waals surface area contributed by atoms with Gasteiger partial charge in [0, 0.05) is 18.9 Å². The smallest absolute Gasteiger partial charge is 0.267 e. The van der Waals surface area contributed by atoms with Gasteiger partial charge in [0.05, 0.1) is 11.1 Å². The topological polar surface area (TPSA) is 102 Å². The zero-order chi connectivity index (χ0) is 18.9. The van der Waals surface area contributed by atoms with Gasteiger partial charge in [-0.2, -0.15) is 4.31 Å². The summed E-state index contributed by atoms with van der Waals surface area (Å²) in [6, 6.07) is 4.37. The zero-order valence-electron chi connectivity index (χ0n) is 14.2. The van der Waals surface area contributed by atoms with Crippen LogP contribution in [0.1, 0.15) is 31.2 Å². The SMILES string of the molecule is O=S(=O)(c1cccc(F)c1)N1CCCC[C@@H]1c1nnc(-c2cnccn2)o1. The molecule has 0 saturated carbocycles. The first-order valence-corrected chi connectivity index (χ1v) is 9.87. The van der Waals surface area contributed by atoms with E-state index in [2.05, 4.69) is 20.2 Å². The van der Waals surface area contributed by atoms with E-state index in [0.717, 1.165) is 12.5 Å². The van der Waals surface area contributed by atoms with Crippen LogP contribution < -0.4 is 0 Å². The van der Waals surface area contributed by atoms with Gasteiger partial charge in [-0.25, -0.2) is 17.8 Å². The van der Waals surface area contributed by atoms with Crippen molar-refractivity contribution in [2.45, 2.75) is 30.2 Å². The number of sulfonamides is 1. The molecule has 0 bridgehead atoms. The van der Waals surface area contributed by atoms with Crippen molar-refractivity contribution < 1.29 is 17.2 Å². The lowest BCUT2D eigenvalue weighted by Crippen LogP contribution is -2.38. The maximum Gasteiger partial charge on any atom is 0.267 e. The molecule has 10 heteroatoms. The first-order chi connectivity index (χ1) is 13.1. The van der Waals surface area contributed by atoms with Gasteiger partial charge in [-0.1, -0.05) is 12.5 Å². The van der Waals surface area contributed by atoms with Crippen LogP contribution in [-0.2, 0) is 10.0 Å². The van der Waals surface area contributed by atoms with Crippen molar-refractivity contribution in [3.05, 3.63) is 54.6 Å². The summed E-state index contributed by atoms with van der Waals surface area (Å²) >= 11 is 0. The number of rotatable bonds is 4. The summed E-state index contributed by atoms with van der Waals surface area (Å²) in [7, 11) is -3.90. The van der Waals surface area contributed by atoms with E-state index >= 15 is 0 Å². The number of hydrogen-bond donors (Lipinski definition) is 0. The van der Waals surface area contributed by atoms with Crippen LogP contribution >= 0.6 is 0 Å². The Kier molecular flexibility index (Phi) is 4.66. The Morgan fingerprint density at radius 2 is 2.07 bits per heavy atom. The summed E-state index contributed by atoms with van der Waals surface area (Å²) in [5.41, 5.74) is 0.409. The second-order valence-electron chi connectivity index (χ2n) is 6.12.